The highest BCUT2D eigenvalue weighted by Gasteiger charge is 2.09. The Bertz CT molecular complexity index is 610. The molecule has 1 aromatic carbocycles. The van der Waals surface area contributed by atoms with E-state index in [2.05, 4.69) is 52.5 Å². The van der Waals surface area contributed by atoms with E-state index in [0.717, 1.165) is 39.0 Å². The van der Waals surface area contributed by atoms with Crippen molar-refractivity contribution in [1.82, 2.24) is 9.88 Å². The third kappa shape index (κ3) is 4.55. The van der Waals surface area contributed by atoms with Crippen LogP contribution in [0.5, 0.6) is 0 Å². The fourth-order valence-electron chi connectivity index (χ4n) is 3.24. The molecular weight excluding hydrogens is 282 g/mol. The lowest BCUT2D eigenvalue weighted by Gasteiger charge is -2.22. The number of nitrogens with zero attached hydrogens (tertiary/aromatic N) is 2. The molecule has 0 aliphatic carbocycles. The predicted octanol–water partition coefficient (Wildman–Crippen LogP) is 3.55. The molecule has 2 heterocycles. The molecule has 23 heavy (non-hydrogen) atoms. The largest absolute Gasteiger partial charge is 0.385 e. The minimum absolute atomic E-state index is 1.10. The van der Waals surface area contributed by atoms with Gasteiger partial charge >= 0.3 is 0 Å². The summed E-state index contributed by atoms with van der Waals surface area (Å²) in [7, 11) is 0. The third-order valence-corrected chi connectivity index (χ3v) is 4.74. The zero-order valence-corrected chi connectivity index (χ0v) is 14.1. The summed E-state index contributed by atoms with van der Waals surface area (Å²) in [6.07, 6.45) is 8.47. The Morgan fingerprint density at radius 3 is 2.61 bits per heavy atom. The maximum atomic E-state index is 4.09. The summed E-state index contributed by atoms with van der Waals surface area (Å²) in [6, 6.07) is 11.2. The maximum Gasteiger partial charge on any atom is 0.0372 e. The van der Waals surface area contributed by atoms with Gasteiger partial charge in [-0.1, -0.05) is 19.1 Å². The lowest BCUT2D eigenvalue weighted by molar-refractivity contribution is 0.295. The molecule has 0 spiro atoms. The van der Waals surface area contributed by atoms with Crippen LogP contribution in [0.3, 0.4) is 0 Å². The molecule has 2 aromatic rings. The molecule has 0 saturated heterocycles. The first-order valence-electron chi connectivity index (χ1n) is 8.82. The van der Waals surface area contributed by atoms with Gasteiger partial charge in [0.25, 0.3) is 0 Å². The summed E-state index contributed by atoms with van der Waals surface area (Å²) in [5, 5.41) is 3.49. The Morgan fingerprint density at radius 1 is 1.04 bits per heavy atom. The van der Waals surface area contributed by atoms with Crippen LogP contribution in [-0.4, -0.2) is 36.1 Å². The zero-order chi connectivity index (χ0) is 15.9. The number of nitrogens with one attached hydrogen (secondary N) is 1. The van der Waals surface area contributed by atoms with Crippen molar-refractivity contribution in [3.63, 3.8) is 0 Å². The van der Waals surface area contributed by atoms with E-state index in [1.807, 2.05) is 12.4 Å². The van der Waals surface area contributed by atoms with Gasteiger partial charge in [0.15, 0.2) is 0 Å². The molecule has 3 heteroatoms. The van der Waals surface area contributed by atoms with E-state index in [1.165, 1.54) is 35.2 Å². The van der Waals surface area contributed by atoms with Gasteiger partial charge in [0.05, 0.1) is 0 Å². The predicted molar refractivity (Wildman–Crippen MR) is 97.0 cm³/mol. The lowest BCUT2D eigenvalue weighted by atomic mass is 9.99. The van der Waals surface area contributed by atoms with E-state index < -0.39 is 0 Å². The summed E-state index contributed by atoms with van der Waals surface area (Å²) < 4.78 is 0. The van der Waals surface area contributed by atoms with Gasteiger partial charge in [-0.05, 0) is 67.1 Å². The van der Waals surface area contributed by atoms with Crippen LogP contribution >= 0.6 is 0 Å². The van der Waals surface area contributed by atoms with E-state index in [9.17, 15) is 0 Å². The van der Waals surface area contributed by atoms with Gasteiger partial charge in [-0.15, -0.1) is 0 Å². The van der Waals surface area contributed by atoms with E-state index >= 15 is 0 Å². The van der Waals surface area contributed by atoms with E-state index in [0.29, 0.717) is 0 Å². The lowest BCUT2D eigenvalue weighted by Crippen LogP contribution is -2.28. The standard InChI is InChI=1S/C20H27N3/c1-2-23(14-9-17-7-12-21-13-8-17)15-10-18-5-6-20-19(16-18)4-3-11-22-20/h5-8,12-13,16,22H,2-4,9-11,14-15H2,1H3. The van der Waals surface area contributed by atoms with Crippen LogP contribution in [0.4, 0.5) is 5.69 Å². The van der Waals surface area contributed by atoms with Crippen LogP contribution in [0.15, 0.2) is 42.7 Å². The SMILES string of the molecule is CCN(CCc1ccncc1)CCc1ccc2c(c1)CCCN2. The molecule has 1 N–H and O–H groups in total. The number of anilines is 1. The second-order valence-corrected chi connectivity index (χ2v) is 6.31. The van der Waals surface area contributed by atoms with Crippen LogP contribution in [0.1, 0.15) is 30.0 Å². The molecule has 3 nitrogen and oxygen atoms in total. The molecule has 1 aromatic heterocycles. The van der Waals surface area contributed by atoms with Crippen LogP contribution in [-0.2, 0) is 19.3 Å². The number of hydrogen-bond donors (Lipinski definition) is 1. The van der Waals surface area contributed by atoms with Crippen molar-refractivity contribution in [2.45, 2.75) is 32.6 Å². The fraction of sp³-hybridized carbons (Fsp3) is 0.450. The average molecular weight is 309 g/mol. The van der Waals surface area contributed by atoms with Gasteiger partial charge < -0.3 is 10.2 Å². The van der Waals surface area contributed by atoms with Crippen molar-refractivity contribution < 1.29 is 0 Å². The zero-order valence-electron chi connectivity index (χ0n) is 14.1. The van der Waals surface area contributed by atoms with Crippen LogP contribution < -0.4 is 5.32 Å². The molecule has 1 aliphatic rings. The highest BCUT2D eigenvalue weighted by molar-refractivity contribution is 5.54. The van der Waals surface area contributed by atoms with Gasteiger partial charge in [0.1, 0.15) is 0 Å². The number of fused-ring (bicyclic) bond motifs is 1. The topological polar surface area (TPSA) is 28.2 Å². The Hall–Kier alpha value is -1.87. The van der Waals surface area contributed by atoms with Crippen LogP contribution in [0.2, 0.25) is 0 Å². The van der Waals surface area contributed by atoms with Crippen molar-refractivity contribution in [3.8, 4) is 0 Å². The van der Waals surface area contributed by atoms with Crippen molar-refractivity contribution in [3.05, 3.63) is 59.4 Å². The smallest absolute Gasteiger partial charge is 0.0372 e. The third-order valence-electron chi connectivity index (χ3n) is 4.74. The molecule has 1 aliphatic heterocycles. The first-order chi connectivity index (χ1) is 11.3. The quantitative estimate of drug-likeness (QED) is 0.848. The molecule has 0 atom stereocenters. The summed E-state index contributed by atoms with van der Waals surface area (Å²) in [6.45, 7) is 6.73. The van der Waals surface area contributed by atoms with Gasteiger partial charge in [0.2, 0.25) is 0 Å². The van der Waals surface area contributed by atoms with Crippen molar-refractivity contribution >= 4 is 5.69 Å². The molecule has 0 radical (unpaired) electrons. The van der Waals surface area contributed by atoms with Crippen LogP contribution in [0.25, 0.3) is 0 Å². The Morgan fingerprint density at radius 2 is 1.83 bits per heavy atom. The van der Waals surface area contributed by atoms with E-state index in [-0.39, 0.29) is 0 Å². The highest BCUT2D eigenvalue weighted by Crippen LogP contribution is 2.23. The second-order valence-electron chi connectivity index (χ2n) is 6.31. The molecule has 0 unspecified atom stereocenters. The van der Waals surface area contributed by atoms with E-state index in [4.69, 9.17) is 0 Å². The number of hydrogen-bond acceptors (Lipinski definition) is 3. The summed E-state index contributed by atoms with van der Waals surface area (Å²) in [5.74, 6) is 0. The molecular formula is C20H27N3. The first kappa shape index (κ1) is 16.0. The number of pyridine rings is 1. The van der Waals surface area contributed by atoms with Crippen molar-refractivity contribution in [2.24, 2.45) is 0 Å². The maximum absolute atomic E-state index is 4.09. The molecule has 3 rings (SSSR count). The van der Waals surface area contributed by atoms with E-state index in [1.54, 1.807) is 0 Å². The van der Waals surface area contributed by atoms with Gasteiger partial charge in [-0.2, -0.15) is 0 Å². The fourth-order valence-corrected chi connectivity index (χ4v) is 3.24. The monoisotopic (exact) mass is 309 g/mol. The highest BCUT2D eigenvalue weighted by atomic mass is 15.1. The molecule has 0 bridgehead atoms. The number of aryl methyl sites for hydroxylation is 1. The number of aromatic nitrogens is 1. The number of benzene rings is 1. The number of rotatable bonds is 7. The van der Waals surface area contributed by atoms with Crippen molar-refractivity contribution in [2.75, 3.05) is 31.5 Å². The van der Waals surface area contributed by atoms with Crippen LogP contribution in [0, 0.1) is 0 Å². The Kier molecular flexibility index (Phi) is 5.65. The molecule has 0 saturated carbocycles. The van der Waals surface area contributed by atoms with Gasteiger partial charge in [0, 0.05) is 37.7 Å². The number of likely N-dealkylation sites (N-methyl/N-ethyl adjacent to an activating group) is 1. The average Bonchev–Trinajstić information content (AvgIpc) is 2.62. The summed E-state index contributed by atoms with van der Waals surface area (Å²) in [5.41, 5.74) is 5.67. The minimum Gasteiger partial charge on any atom is -0.385 e. The molecule has 122 valence electrons. The Labute approximate surface area is 139 Å². The van der Waals surface area contributed by atoms with Gasteiger partial charge in [-0.3, -0.25) is 4.98 Å². The van der Waals surface area contributed by atoms with Crippen molar-refractivity contribution in [1.29, 1.82) is 0 Å². The summed E-state index contributed by atoms with van der Waals surface area (Å²) in [4.78, 5) is 6.62. The summed E-state index contributed by atoms with van der Waals surface area (Å²) >= 11 is 0. The minimum atomic E-state index is 1.10. The normalized spacial score (nSPS) is 13.7. The molecule has 0 amide bonds. The van der Waals surface area contributed by atoms with Gasteiger partial charge in [-0.25, -0.2) is 0 Å². The molecule has 0 fully saturated rings. The first-order valence-corrected chi connectivity index (χ1v) is 8.82. The second kappa shape index (κ2) is 8.11. The Balaban J connectivity index is 1.51.